The Hall–Kier alpha value is -0.790. The molecule has 1 aromatic heterocycles. The number of nitrogens with one attached hydrogen (secondary N) is 1. The Kier molecular flexibility index (Phi) is 6.82. The molecule has 1 aliphatic heterocycles. The van der Waals surface area contributed by atoms with Gasteiger partial charge in [0, 0.05) is 12.5 Å². The summed E-state index contributed by atoms with van der Waals surface area (Å²) < 4.78 is 37.7. The van der Waals surface area contributed by atoms with Crippen LogP contribution in [0.1, 0.15) is 30.1 Å². The second-order valence-corrected chi connectivity index (χ2v) is 4.08. The number of anilines is 1. The smallest absolute Gasteiger partial charge is 0.368 e. The lowest BCUT2D eigenvalue weighted by Gasteiger charge is -2.22. The molecule has 0 bridgehead atoms. The van der Waals surface area contributed by atoms with E-state index in [0.29, 0.717) is 12.2 Å². The Morgan fingerprint density at radius 1 is 1.26 bits per heavy atom. The predicted molar refractivity (Wildman–Crippen MR) is 70.8 cm³/mol. The van der Waals surface area contributed by atoms with Gasteiger partial charge in [-0.05, 0) is 25.5 Å². The molecule has 1 aromatic rings. The third kappa shape index (κ3) is 4.67. The van der Waals surface area contributed by atoms with Gasteiger partial charge in [0.25, 0.3) is 0 Å². The van der Waals surface area contributed by atoms with Crippen molar-refractivity contribution >= 4 is 30.8 Å². The van der Waals surface area contributed by atoms with Gasteiger partial charge in [-0.25, -0.2) is 9.97 Å². The molecule has 0 aromatic carbocycles. The summed E-state index contributed by atoms with van der Waals surface area (Å²) >= 11 is 0. The van der Waals surface area contributed by atoms with Crippen molar-refractivity contribution in [1.29, 1.82) is 0 Å². The van der Waals surface area contributed by atoms with Gasteiger partial charge in [-0.2, -0.15) is 13.2 Å². The van der Waals surface area contributed by atoms with Crippen molar-refractivity contribution in [3.05, 3.63) is 17.5 Å². The van der Waals surface area contributed by atoms with Gasteiger partial charge in [0.15, 0.2) is 0 Å². The minimum Gasteiger partial charge on any atom is -0.368 e. The van der Waals surface area contributed by atoms with Gasteiger partial charge in [-0.15, -0.1) is 24.8 Å². The number of halogens is 5. The number of hydrogen-bond acceptors (Lipinski definition) is 4. The van der Waals surface area contributed by atoms with E-state index in [1.807, 2.05) is 0 Å². The summed E-state index contributed by atoms with van der Waals surface area (Å²) in [4.78, 5) is 7.12. The number of alkyl halides is 3. The third-order valence-electron chi connectivity index (χ3n) is 2.77. The molecule has 1 atom stereocenters. The first kappa shape index (κ1) is 18.2. The lowest BCUT2D eigenvalue weighted by atomic mass is 9.95. The van der Waals surface area contributed by atoms with Crippen LogP contribution in [-0.4, -0.2) is 23.1 Å². The topological polar surface area (TPSA) is 63.8 Å². The van der Waals surface area contributed by atoms with Crippen molar-refractivity contribution in [2.45, 2.75) is 24.9 Å². The number of piperidine rings is 1. The molecular formula is C10H15Cl2F3N4. The zero-order chi connectivity index (χ0) is 12.5. The van der Waals surface area contributed by atoms with Gasteiger partial charge in [0.1, 0.15) is 5.69 Å². The molecule has 2 heterocycles. The lowest BCUT2D eigenvalue weighted by molar-refractivity contribution is -0.141. The van der Waals surface area contributed by atoms with Gasteiger partial charge < -0.3 is 11.1 Å². The van der Waals surface area contributed by atoms with E-state index in [0.717, 1.165) is 25.5 Å². The van der Waals surface area contributed by atoms with Crippen molar-refractivity contribution in [2.24, 2.45) is 0 Å². The maximum atomic E-state index is 12.6. The van der Waals surface area contributed by atoms with E-state index in [-0.39, 0.29) is 36.7 Å². The summed E-state index contributed by atoms with van der Waals surface area (Å²) in [5.41, 5.74) is 4.73. The average Bonchev–Trinajstić information content (AvgIpc) is 2.28. The van der Waals surface area contributed by atoms with E-state index in [2.05, 4.69) is 15.3 Å². The fourth-order valence-corrected chi connectivity index (χ4v) is 1.94. The van der Waals surface area contributed by atoms with Crippen molar-refractivity contribution in [3.63, 3.8) is 0 Å². The fourth-order valence-electron chi connectivity index (χ4n) is 1.94. The van der Waals surface area contributed by atoms with Gasteiger partial charge in [0.05, 0.1) is 5.69 Å². The summed E-state index contributed by atoms with van der Waals surface area (Å²) in [6, 6.07) is 0.994. The molecule has 1 saturated heterocycles. The molecule has 0 amide bonds. The second-order valence-electron chi connectivity index (χ2n) is 4.08. The Bertz CT molecular complexity index is 408. The Labute approximate surface area is 121 Å². The standard InChI is InChI=1S/C10H13F3N4.2ClH/c11-10(12,13)8-4-7(16-9(14)17-8)6-2-1-3-15-5-6;;/h4,6,15H,1-3,5H2,(H2,14,16,17);2*1H. The Morgan fingerprint density at radius 2 is 1.95 bits per heavy atom. The molecule has 1 aliphatic rings. The largest absolute Gasteiger partial charge is 0.433 e. The Morgan fingerprint density at radius 3 is 2.47 bits per heavy atom. The van der Waals surface area contributed by atoms with Gasteiger partial charge in [0.2, 0.25) is 5.95 Å². The third-order valence-corrected chi connectivity index (χ3v) is 2.77. The fraction of sp³-hybridized carbons (Fsp3) is 0.600. The molecule has 0 saturated carbocycles. The zero-order valence-electron chi connectivity index (χ0n) is 9.91. The summed E-state index contributed by atoms with van der Waals surface area (Å²) in [5.74, 6) is -0.337. The molecule has 9 heteroatoms. The average molecular weight is 319 g/mol. The van der Waals surface area contributed by atoms with Crippen LogP contribution >= 0.6 is 24.8 Å². The minimum atomic E-state index is -4.48. The molecule has 2 rings (SSSR count). The monoisotopic (exact) mass is 318 g/mol. The molecule has 0 radical (unpaired) electrons. The quantitative estimate of drug-likeness (QED) is 0.834. The van der Waals surface area contributed by atoms with Gasteiger partial charge in [-0.1, -0.05) is 0 Å². The molecule has 1 unspecified atom stereocenters. The molecule has 4 nitrogen and oxygen atoms in total. The number of rotatable bonds is 1. The van der Waals surface area contributed by atoms with E-state index >= 15 is 0 Å². The highest BCUT2D eigenvalue weighted by atomic mass is 35.5. The normalized spacial score (nSPS) is 19.2. The second kappa shape index (κ2) is 7.12. The van der Waals surface area contributed by atoms with E-state index in [9.17, 15) is 13.2 Å². The van der Waals surface area contributed by atoms with Crippen LogP contribution < -0.4 is 11.1 Å². The Balaban J connectivity index is 0.00000162. The highest BCUT2D eigenvalue weighted by Gasteiger charge is 2.34. The van der Waals surface area contributed by atoms with Crippen LogP contribution in [0, 0.1) is 0 Å². The first-order valence-electron chi connectivity index (χ1n) is 5.39. The number of hydrogen-bond donors (Lipinski definition) is 2. The lowest BCUT2D eigenvalue weighted by Crippen LogP contribution is -2.29. The van der Waals surface area contributed by atoms with E-state index in [4.69, 9.17) is 5.73 Å². The SMILES string of the molecule is Cl.Cl.Nc1nc(C2CCCNC2)cc(C(F)(F)F)n1. The molecule has 0 aliphatic carbocycles. The van der Waals surface area contributed by atoms with Crippen molar-refractivity contribution in [3.8, 4) is 0 Å². The predicted octanol–water partition coefficient (Wildman–Crippen LogP) is 2.39. The summed E-state index contributed by atoms with van der Waals surface area (Å²) in [6.45, 7) is 1.52. The number of nitrogens with two attached hydrogens (primary N) is 1. The highest BCUT2D eigenvalue weighted by Crippen LogP contribution is 2.31. The number of aromatic nitrogens is 2. The molecule has 19 heavy (non-hydrogen) atoms. The van der Waals surface area contributed by atoms with Crippen LogP contribution in [0.15, 0.2) is 6.07 Å². The van der Waals surface area contributed by atoms with Crippen molar-refractivity contribution in [2.75, 3.05) is 18.8 Å². The molecule has 1 fully saturated rings. The summed E-state index contributed by atoms with van der Waals surface area (Å²) in [7, 11) is 0. The zero-order valence-corrected chi connectivity index (χ0v) is 11.5. The van der Waals surface area contributed by atoms with Crippen LogP contribution in [0.2, 0.25) is 0 Å². The minimum absolute atomic E-state index is 0. The first-order chi connectivity index (χ1) is 7.97. The molecule has 110 valence electrons. The summed E-state index contributed by atoms with van der Waals surface area (Å²) in [5, 5.41) is 3.13. The first-order valence-corrected chi connectivity index (χ1v) is 5.39. The highest BCUT2D eigenvalue weighted by molar-refractivity contribution is 5.85. The van der Waals surface area contributed by atoms with Crippen molar-refractivity contribution in [1.82, 2.24) is 15.3 Å². The molecular weight excluding hydrogens is 304 g/mol. The maximum Gasteiger partial charge on any atom is 0.433 e. The number of nitrogens with zero attached hydrogens (tertiary/aromatic N) is 2. The van der Waals surface area contributed by atoms with Crippen LogP contribution in [0.4, 0.5) is 19.1 Å². The van der Waals surface area contributed by atoms with Crippen LogP contribution in [0.3, 0.4) is 0 Å². The van der Waals surface area contributed by atoms with Crippen molar-refractivity contribution < 1.29 is 13.2 Å². The van der Waals surface area contributed by atoms with Gasteiger partial charge >= 0.3 is 6.18 Å². The van der Waals surface area contributed by atoms with E-state index in [1.165, 1.54) is 0 Å². The van der Waals surface area contributed by atoms with Crippen LogP contribution in [0.5, 0.6) is 0 Å². The van der Waals surface area contributed by atoms with Crippen LogP contribution in [0.25, 0.3) is 0 Å². The summed E-state index contributed by atoms with van der Waals surface area (Å²) in [6.07, 6.45) is -2.73. The van der Waals surface area contributed by atoms with Crippen LogP contribution in [-0.2, 0) is 6.18 Å². The van der Waals surface area contributed by atoms with Gasteiger partial charge in [-0.3, -0.25) is 0 Å². The maximum absolute atomic E-state index is 12.6. The molecule has 0 spiro atoms. The van der Waals surface area contributed by atoms with E-state index in [1.54, 1.807) is 0 Å². The molecule has 3 N–H and O–H groups in total. The number of nitrogen functional groups attached to an aromatic ring is 1. The van der Waals surface area contributed by atoms with E-state index < -0.39 is 11.9 Å².